The molecule has 0 aliphatic carbocycles. The SMILES string of the molecule is CCN(C)CCNS(=O)(=O)c1n[nH]c(C)c1CO. The summed E-state index contributed by atoms with van der Waals surface area (Å²) in [7, 11) is -1.76. The predicted octanol–water partition coefficient (Wildman–Crippen LogP) is -0.560. The van der Waals surface area contributed by atoms with Crippen LogP contribution in [0.4, 0.5) is 0 Å². The van der Waals surface area contributed by atoms with Crippen LogP contribution in [0.5, 0.6) is 0 Å². The van der Waals surface area contributed by atoms with Crippen LogP contribution in [0.3, 0.4) is 0 Å². The molecule has 1 aromatic rings. The molecule has 7 nitrogen and oxygen atoms in total. The van der Waals surface area contributed by atoms with Crippen LogP contribution in [0.25, 0.3) is 0 Å². The molecule has 1 rings (SSSR count). The van der Waals surface area contributed by atoms with Gasteiger partial charge in [0.2, 0.25) is 0 Å². The van der Waals surface area contributed by atoms with Crippen molar-refractivity contribution < 1.29 is 13.5 Å². The number of aryl methyl sites for hydroxylation is 1. The quantitative estimate of drug-likeness (QED) is 0.620. The third-order valence-corrected chi connectivity index (χ3v) is 4.21. The van der Waals surface area contributed by atoms with E-state index in [2.05, 4.69) is 14.9 Å². The summed E-state index contributed by atoms with van der Waals surface area (Å²) in [6.07, 6.45) is 0. The van der Waals surface area contributed by atoms with E-state index in [9.17, 15) is 8.42 Å². The van der Waals surface area contributed by atoms with Gasteiger partial charge >= 0.3 is 0 Å². The molecule has 8 heteroatoms. The molecule has 1 aromatic heterocycles. The van der Waals surface area contributed by atoms with Gasteiger partial charge in [-0.05, 0) is 20.5 Å². The summed E-state index contributed by atoms with van der Waals surface area (Å²) in [4.78, 5) is 1.99. The number of likely N-dealkylation sites (N-methyl/N-ethyl adjacent to an activating group) is 1. The zero-order valence-electron chi connectivity index (χ0n) is 10.9. The number of sulfonamides is 1. The minimum Gasteiger partial charge on any atom is -0.392 e. The van der Waals surface area contributed by atoms with Gasteiger partial charge in [0, 0.05) is 24.3 Å². The van der Waals surface area contributed by atoms with Crippen molar-refractivity contribution in [2.75, 3.05) is 26.7 Å². The number of nitrogens with zero attached hydrogens (tertiary/aromatic N) is 2. The largest absolute Gasteiger partial charge is 0.392 e. The summed E-state index contributed by atoms with van der Waals surface area (Å²) in [5, 5.41) is 15.3. The van der Waals surface area contributed by atoms with E-state index in [1.54, 1.807) is 6.92 Å². The Morgan fingerprint density at radius 1 is 1.50 bits per heavy atom. The molecular weight excluding hydrogens is 256 g/mol. The van der Waals surface area contributed by atoms with E-state index in [-0.39, 0.29) is 11.6 Å². The minimum atomic E-state index is -3.67. The number of aliphatic hydroxyl groups excluding tert-OH is 1. The fourth-order valence-corrected chi connectivity index (χ4v) is 2.64. The zero-order chi connectivity index (χ0) is 13.8. The molecule has 3 N–H and O–H groups in total. The summed E-state index contributed by atoms with van der Waals surface area (Å²) in [5.74, 6) is 0. The number of H-pyrrole nitrogens is 1. The topological polar surface area (TPSA) is 98.3 Å². The Bertz CT molecular complexity index is 483. The van der Waals surface area contributed by atoms with E-state index < -0.39 is 10.0 Å². The van der Waals surface area contributed by atoms with Crippen molar-refractivity contribution in [3.05, 3.63) is 11.3 Å². The highest BCUT2D eigenvalue weighted by atomic mass is 32.2. The highest BCUT2D eigenvalue weighted by Crippen LogP contribution is 2.15. The Balaban J connectivity index is 2.74. The molecule has 0 unspecified atom stereocenters. The highest BCUT2D eigenvalue weighted by Gasteiger charge is 2.22. The zero-order valence-corrected chi connectivity index (χ0v) is 11.7. The van der Waals surface area contributed by atoms with Crippen molar-refractivity contribution >= 4 is 10.0 Å². The van der Waals surface area contributed by atoms with Gasteiger partial charge in [-0.15, -0.1) is 0 Å². The molecule has 0 amide bonds. The fraction of sp³-hybridized carbons (Fsp3) is 0.700. The van der Waals surface area contributed by atoms with Gasteiger partial charge in [-0.1, -0.05) is 6.92 Å². The molecular formula is C10H20N4O3S. The van der Waals surface area contributed by atoms with Crippen molar-refractivity contribution in [1.82, 2.24) is 19.8 Å². The van der Waals surface area contributed by atoms with Crippen LogP contribution in [0.15, 0.2) is 5.03 Å². The Hall–Kier alpha value is -0.960. The van der Waals surface area contributed by atoms with E-state index in [1.165, 1.54) is 0 Å². The molecule has 0 bridgehead atoms. The van der Waals surface area contributed by atoms with Gasteiger partial charge in [-0.2, -0.15) is 5.10 Å². The first-order valence-electron chi connectivity index (χ1n) is 5.75. The van der Waals surface area contributed by atoms with Crippen molar-refractivity contribution in [1.29, 1.82) is 0 Å². The number of hydrogen-bond acceptors (Lipinski definition) is 5. The number of nitrogens with one attached hydrogen (secondary N) is 2. The third kappa shape index (κ3) is 3.52. The molecule has 0 fully saturated rings. The number of aliphatic hydroxyl groups is 1. The summed E-state index contributed by atoms with van der Waals surface area (Å²) in [5.41, 5.74) is 0.870. The van der Waals surface area contributed by atoms with Gasteiger partial charge in [-0.3, -0.25) is 5.10 Å². The normalized spacial score (nSPS) is 12.3. The second-order valence-corrected chi connectivity index (χ2v) is 5.77. The monoisotopic (exact) mass is 276 g/mol. The smallest absolute Gasteiger partial charge is 0.260 e. The summed E-state index contributed by atoms with van der Waals surface area (Å²) >= 11 is 0. The van der Waals surface area contributed by atoms with E-state index in [1.807, 2.05) is 18.9 Å². The van der Waals surface area contributed by atoms with Crippen LogP contribution in [-0.2, 0) is 16.6 Å². The van der Waals surface area contributed by atoms with Crippen molar-refractivity contribution in [3.8, 4) is 0 Å². The number of aromatic nitrogens is 2. The van der Waals surface area contributed by atoms with Crippen LogP contribution in [-0.4, -0.2) is 55.3 Å². The van der Waals surface area contributed by atoms with Gasteiger partial charge in [0.25, 0.3) is 10.0 Å². The van der Waals surface area contributed by atoms with Crippen LogP contribution in [0.2, 0.25) is 0 Å². The molecule has 18 heavy (non-hydrogen) atoms. The lowest BCUT2D eigenvalue weighted by atomic mass is 10.3. The van der Waals surface area contributed by atoms with Crippen LogP contribution in [0, 0.1) is 6.92 Å². The Labute approximate surface area is 107 Å². The maximum absolute atomic E-state index is 12.0. The molecule has 1 heterocycles. The molecule has 0 atom stereocenters. The molecule has 0 aliphatic rings. The lowest BCUT2D eigenvalue weighted by molar-refractivity contribution is 0.277. The van der Waals surface area contributed by atoms with E-state index >= 15 is 0 Å². The van der Waals surface area contributed by atoms with E-state index in [0.29, 0.717) is 24.3 Å². The van der Waals surface area contributed by atoms with Crippen molar-refractivity contribution in [3.63, 3.8) is 0 Å². The molecule has 0 saturated heterocycles. The van der Waals surface area contributed by atoms with Gasteiger partial charge in [0.05, 0.1) is 6.61 Å². The first-order chi connectivity index (χ1) is 8.42. The summed E-state index contributed by atoms with van der Waals surface area (Å²) in [6, 6.07) is 0. The average molecular weight is 276 g/mol. The average Bonchev–Trinajstić information content (AvgIpc) is 2.70. The summed E-state index contributed by atoms with van der Waals surface area (Å²) < 4.78 is 26.4. The molecule has 0 radical (unpaired) electrons. The standard InChI is InChI=1S/C10H20N4O3S/c1-4-14(3)6-5-11-18(16,17)10-9(7-15)8(2)12-13-10/h11,15H,4-7H2,1-3H3,(H,12,13). The molecule has 0 aliphatic heterocycles. The molecule has 0 spiro atoms. The van der Waals surface area contributed by atoms with Gasteiger partial charge in [-0.25, -0.2) is 13.1 Å². The maximum Gasteiger partial charge on any atom is 0.260 e. The predicted molar refractivity (Wildman–Crippen MR) is 67.6 cm³/mol. The van der Waals surface area contributed by atoms with Crippen molar-refractivity contribution in [2.45, 2.75) is 25.5 Å². The molecule has 0 aromatic carbocycles. The number of aromatic amines is 1. The second kappa shape index (κ2) is 6.28. The van der Waals surface area contributed by atoms with Gasteiger partial charge in [0.15, 0.2) is 5.03 Å². The van der Waals surface area contributed by atoms with Gasteiger partial charge < -0.3 is 10.0 Å². The van der Waals surface area contributed by atoms with Crippen LogP contribution >= 0.6 is 0 Å². The minimum absolute atomic E-state index is 0.123. The fourth-order valence-electron chi connectivity index (χ4n) is 1.44. The first-order valence-corrected chi connectivity index (χ1v) is 7.23. The molecule has 0 saturated carbocycles. The lowest BCUT2D eigenvalue weighted by Crippen LogP contribution is -2.33. The van der Waals surface area contributed by atoms with E-state index in [4.69, 9.17) is 5.11 Å². The van der Waals surface area contributed by atoms with Crippen LogP contribution < -0.4 is 4.72 Å². The van der Waals surface area contributed by atoms with Crippen molar-refractivity contribution in [2.24, 2.45) is 0 Å². The van der Waals surface area contributed by atoms with Gasteiger partial charge in [0.1, 0.15) is 0 Å². The lowest BCUT2D eigenvalue weighted by Gasteiger charge is -2.13. The highest BCUT2D eigenvalue weighted by molar-refractivity contribution is 7.89. The number of rotatable bonds is 7. The maximum atomic E-state index is 12.0. The second-order valence-electron chi connectivity index (χ2n) is 4.08. The Morgan fingerprint density at radius 2 is 2.17 bits per heavy atom. The Morgan fingerprint density at radius 3 is 2.72 bits per heavy atom. The number of hydrogen-bond donors (Lipinski definition) is 3. The molecule has 104 valence electrons. The summed E-state index contributed by atoms with van der Waals surface area (Å²) in [6.45, 7) is 5.09. The first kappa shape index (κ1) is 15.1. The van der Waals surface area contributed by atoms with Crippen LogP contribution in [0.1, 0.15) is 18.2 Å². The Kier molecular flexibility index (Phi) is 5.27. The van der Waals surface area contributed by atoms with E-state index in [0.717, 1.165) is 6.54 Å². The third-order valence-electron chi connectivity index (χ3n) is 2.77.